The van der Waals surface area contributed by atoms with Gasteiger partial charge in [0.1, 0.15) is 0 Å². The standard InChI is InChI=1S/C33H65NO/c1-5-7-9-11-13-15-16-17-18-19-20-21-22-23-24-26-28-30-33(34(3)4)32-35-31-29-27-25-14-12-10-8-6-2/h13,15,17-18,33H,5-12,14,16,19-32H2,1-4H3/b15-13-,18-17-/t33-/m0/s1. The van der Waals surface area contributed by atoms with E-state index in [0.717, 1.165) is 19.6 Å². The van der Waals surface area contributed by atoms with Gasteiger partial charge in [-0.2, -0.15) is 0 Å². The van der Waals surface area contributed by atoms with Crippen molar-refractivity contribution in [1.29, 1.82) is 0 Å². The summed E-state index contributed by atoms with van der Waals surface area (Å²) in [5.41, 5.74) is 0. The molecular formula is C33H65NO. The number of rotatable bonds is 28. The van der Waals surface area contributed by atoms with Gasteiger partial charge in [-0.1, -0.05) is 134 Å². The van der Waals surface area contributed by atoms with Crippen LogP contribution in [0.1, 0.15) is 155 Å². The smallest absolute Gasteiger partial charge is 0.0621 e. The van der Waals surface area contributed by atoms with Crippen LogP contribution in [0, 0.1) is 0 Å². The van der Waals surface area contributed by atoms with Crippen molar-refractivity contribution in [3.05, 3.63) is 24.3 Å². The third-order valence-corrected chi connectivity index (χ3v) is 7.17. The molecular weight excluding hydrogens is 426 g/mol. The summed E-state index contributed by atoms with van der Waals surface area (Å²) in [6.45, 7) is 6.41. The Hall–Kier alpha value is -0.600. The van der Waals surface area contributed by atoms with Crippen LogP contribution in [0.2, 0.25) is 0 Å². The third kappa shape index (κ3) is 27.8. The summed E-state index contributed by atoms with van der Waals surface area (Å²) in [4.78, 5) is 2.36. The van der Waals surface area contributed by atoms with Gasteiger partial charge < -0.3 is 9.64 Å². The first-order chi connectivity index (χ1) is 17.2. The molecule has 0 aliphatic rings. The average Bonchev–Trinajstić information content (AvgIpc) is 2.85. The van der Waals surface area contributed by atoms with E-state index in [9.17, 15) is 0 Å². The van der Waals surface area contributed by atoms with E-state index in [-0.39, 0.29) is 0 Å². The van der Waals surface area contributed by atoms with Crippen molar-refractivity contribution >= 4 is 0 Å². The Morgan fingerprint density at radius 2 is 1.00 bits per heavy atom. The second-order valence-electron chi connectivity index (χ2n) is 10.9. The van der Waals surface area contributed by atoms with Crippen LogP contribution in [0.3, 0.4) is 0 Å². The molecule has 0 radical (unpaired) electrons. The van der Waals surface area contributed by atoms with Crippen LogP contribution < -0.4 is 0 Å². The third-order valence-electron chi connectivity index (χ3n) is 7.17. The first-order valence-corrected chi connectivity index (χ1v) is 15.8. The van der Waals surface area contributed by atoms with E-state index in [2.05, 4.69) is 57.1 Å². The summed E-state index contributed by atoms with van der Waals surface area (Å²) in [6.07, 6.45) is 39.0. The van der Waals surface area contributed by atoms with Crippen LogP contribution in [0.5, 0.6) is 0 Å². The lowest BCUT2D eigenvalue weighted by Crippen LogP contribution is -2.32. The summed E-state index contributed by atoms with van der Waals surface area (Å²) in [5, 5.41) is 0. The van der Waals surface area contributed by atoms with Gasteiger partial charge in [0.15, 0.2) is 0 Å². The van der Waals surface area contributed by atoms with Gasteiger partial charge >= 0.3 is 0 Å². The Morgan fingerprint density at radius 3 is 1.57 bits per heavy atom. The molecule has 0 saturated carbocycles. The van der Waals surface area contributed by atoms with Crippen LogP contribution in [0.25, 0.3) is 0 Å². The SMILES string of the molecule is CCCCC/C=C\C/C=C\CCCCCCCCC[C@@H](COCCCCCCCCCC)N(C)C. The Kier molecular flexibility index (Phi) is 29.1. The van der Waals surface area contributed by atoms with Gasteiger partial charge in [-0.25, -0.2) is 0 Å². The predicted molar refractivity (Wildman–Crippen MR) is 159 cm³/mol. The van der Waals surface area contributed by atoms with Gasteiger partial charge in [-0.05, 0) is 59.0 Å². The van der Waals surface area contributed by atoms with E-state index in [1.807, 2.05) is 0 Å². The lowest BCUT2D eigenvalue weighted by Gasteiger charge is -2.24. The molecule has 0 N–H and O–H groups in total. The Balaban J connectivity index is 3.47. The predicted octanol–water partition coefficient (Wildman–Crippen LogP) is 10.7. The van der Waals surface area contributed by atoms with E-state index >= 15 is 0 Å². The van der Waals surface area contributed by atoms with Crippen molar-refractivity contribution in [1.82, 2.24) is 4.90 Å². The Morgan fingerprint density at radius 1 is 0.543 bits per heavy atom. The van der Waals surface area contributed by atoms with Gasteiger partial charge in [-0.15, -0.1) is 0 Å². The van der Waals surface area contributed by atoms with E-state index in [0.29, 0.717) is 6.04 Å². The lowest BCUT2D eigenvalue weighted by molar-refractivity contribution is 0.0721. The molecule has 0 amide bonds. The highest BCUT2D eigenvalue weighted by molar-refractivity contribution is 4.92. The fourth-order valence-electron chi connectivity index (χ4n) is 4.59. The molecule has 0 aliphatic heterocycles. The van der Waals surface area contributed by atoms with Crippen molar-refractivity contribution in [3.8, 4) is 0 Å². The number of likely N-dealkylation sites (N-methyl/N-ethyl adjacent to an activating group) is 1. The second-order valence-corrected chi connectivity index (χ2v) is 10.9. The van der Waals surface area contributed by atoms with Gasteiger partial charge in [0.2, 0.25) is 0 Å². The summed E-state index contributed by atoms with van der Waals surface area (Å²) < 4.78 is 6.03. The molecule has 0 saturated heterocycles. The normalized spacial score (nSPS) is 13.1. The second kappa shape index (κ2) is 29.6. The van der Waals surface area contributed by atoms with E-state index < -0.39 is 0 Å². The number of ether oxygens (including phenoxy) is 1. The van der Waals surface area contributed by atoms with Gasteiger partial charge in [-0.3, -0.25) is 0 Å². The zero-order chi connectivity index (χ0) is 25.7. The number of unbranched alkanes of at least 4 members (excludes halogenated alkanes) is 17. The molecule has 0 aromatic rings. The van der Waals surface area contributed by atoms with Crippen LogP contribution >= 0.6 is 0 Å². The first-order valence-electron chi connectivity index (χ1n) is 15.8. The molecule has 1 atom stereocenters. The van der Waals surface area contributed by atoms with Gasteiger partial charge in [0.25, 0.3) is 0 Å². The minimum Gasteiger partial charge on any atom is -0.380 e. The summed E-state index contributed by atoms with van der Waals surface area (Å²) in [6, 6.07) is 0.585. The van der Waals surface area contributed by atoms with Crippen LogP contribution in [0.15, 0.2) is 24.3 Å². The molecule has 2 nitrogen and oxygen atoms in total. The molecule has 2 heteroatoms. The molecule has 0 rings (SSSR count). The van der Waals surface area contributed by atoms with E-state index in [1.165, 1.54) is 135 Å². The highest BCUT2D eigenvalue weighted by Crippen LogP contribution is 2.13. The summed E-state index contributed by atoms with van der Waals surface area (Å²) in [7, 11) is 4.42. The van der Waals surface area contributed by atoms with Crippen molar-refractivity contribution in [2.24, 2.45) is 0 Å². The van der Waals surface area contributed by atoms with Crippen molar-refractivity contribution in [3.63, 3.8) is 0 Å². The van der Waals surface area contributed by atoms with Crippen LogP contribution in [0.4, 0.5) is 0 Å². The summed E-state index contributed by atoms with van der Waals surface area (Å²) >= 11 is 0. The number of hydrogen-bond acceptors (Lipinski definition) is 2. The molecule has 0 unspecified atom stereocenters. The largest absolute Gasteiger partial charge is 0.380 e. The molecule has 0 heterocycles. The highest BCUT2D eigenvalue weighted by Gasteiger charge is 2.11. The maximum Gasteiger partial charge on any atom is 0.0621 e. The zero-order valence-electron chi connectivity index (χ0n) is 24.7. The Bertz CT molecular complexity index is 442. The zero-order valence-corrected chi connectivity index (χ0v) is 24.7. The van der Waals surface area contributed by atoms with Gasteiger partial charge in [0.05, 0.1) is 6.61 Å². The van der Waals surface area contributed by atoms with Crippen molar-refractivity contribution < 1.29 is 4.74 Å². The summed E-state index contributed by atoms with van der Waals surface area (Å²) in [5.74, 6) is 0. The molecule has 0 aliphatic carbocycles. The molecule has 0 bridgehead atoms. The lowest BCUT2D eigenvalue weighted by atomic mass is 10.0. The molecule has 0 aromatic carbocycles. The topological polar surface area (TPSA) is 12.5 Å². The van der Waals surface area contributed by atoms with Crippen LogP contribution in [-0.2, 0) is 4.74 Å². The number of nitrogens with zero attached hydrogens (tertiary/aromatic N) is 1. The number of hydrogen-bond donors (Lipinski definition) is 0. The van der Waals surface area contributed by atoms with Gasteiger partial charge in [0, 0.05) is 12.6 Å². The maximum absolute atomic E-state index is 6.03. The number of allylic oxidation sites excluding steroid dienone is 4. The highest BCUT2D eigenvalue weighted by atomic mass is 16.5. The monoisotopic (exact) mass is 492 g/mol. The fourth-order valence-corrected chi connectivity index (χ4v) is 4.59. The maximum atomic E-state index is 6.03. The first kappa shape index (κ1) is 34.4. The molecule has 208 valence electrons. The minimum absolute atomic E-state index is 0.585. The average molecular weight is 492 g/mol. The van der Waals surface area contributed by atoms with Crippen LogP contribution in [-0.4, -0.2) is 38.3 Å². The molecule has 35 heavy (non-hydrogen) atoms. The Labute approximate surface area is 222 Å². The minimum atomic E-state index is 0.585. The van der Waals surface area contributed by atoms with E-state index in [4.69, 9.17) is 4.74 Å². The molecule has 0 fully saturated rings. The quantitative estimate of drug-likeness (QED) is 0.0797. The van der Waals surface area contributed by atoms with Crippen molar-refractivity contribution in [2.45, 2.75) is 161 Å². The molecule has 0 spiro atoms. The molecule has 0 aromatic heterocycles. The van der Waals surface area contributed by atoms with E-state index in [1.54, 1.807) is 0 Å². The van der Waals surface area contributed by atoms with Crippen molar-refractivity contribution in [2.75, 3.05) is 27.3 Å². The fraction of sp³-hybridized carbons (Fsp3) is 0.879.